The monoisotopic (exact) mass is 271 g/mol. The van der Waals surface area contributed by atoms with E-state index in [0.717, 1.165) is 18.4 Å². The summed E-state index contributed by atoms with van der Waals surface area (Å²) in [5.74, 6) is 0.486. The van der Waals surface area contributed by atoms with Crippen molar-refractivity contribution in [2.45, 2.75) is 33.6 Å². The third-order valence-electron chi connectivity index (χ3n) is 3.19. The highest BCUT2D eigenvalue weighted by molar-refractivity contribution is 6.00. The number of aromatic nitrogens is 2. The zero-order chi connectivity index (χ0) is 14.6. The number of benzene rings is 1. The molecule has 2 aromatic rings. The topological polar surface area (TPSA) is 50.4 Å². The van der Waals surface area contributed by atoms with E-state index >= 15 is 0 Å². The second-order valence-corrected chi connectivity index (χ2v) is 6.15. The van der Waals surface area contributed by atoms with Crippen molar-refractivity contribution in [3.63, 3.8) is 0 Å². The highest BCUT2D eigenvalue weighted by Crippen LogP contribution is 2.22. The van der Waals surface area contributed by atoms with Crippen molar-refractivity contribution in [2.24, 2.45) is 10.6 Å². The number of rotatable bonds is 3. The number of imidazole rings is 1. The zero-order valence-electron chi connectivity index (χ0n) is 12.2. The van der Waals surface area contributed by atoms with Gasteiger partial charge in [-0.2, -0.15) is 0 Å². The molecule has 0 saturated heterocycles. The van der Waals surface area contributed by atoms with Gasteiger partial charge in [-0.25, -0.2) is 4.98 Å². The number of hydrogen-bond acceptors (Lipinski definition) is 3. The van der Waals surface area contributed by atoms with Gasteiger partial charge in [0.1, 0.15) is 6.33 Å². The quantitative estimate of drug-likeness (QED) is 0.402. The van der Waals surface area contributed by atoms with Crippen LogP contribution < -0.4 is 0 Å². The summed E-state index contributed by atoms with van der Waals surface area (Å²) in [6.45, 7) is 6.72. The summed E-state index contributed by atoms with van der Waals surface area (Å²) >= 11 is 0. The molecule has 1 aromatic carbocycles. The average molecular weight is 271 g/mol. The van der Waals surface area contributed by atoms with Gasteiger partial charge in [-0.1, -0.05) is 44.1 Å². The summed E-state index contributed by atoms with van der Waals surface area (Å²) < 4.78 is 1.70. The van der Waals surface area contributed by atoms with E-state index in [-0.39, 0.29) is 0 Å². The van der Waals surface area contributed by atoms with Crippen LogP contribution in [-0.2, 0) is 6.42 Å². The van der Waals surface area contributed by atoms with Gasteiger partial charge in [-0.15, -0.1) is 0 Å². The summed E-state index contributed by atoms with van der Waals surface area (Å²) in [6.07, 6.45) is 7.18. The van der Waals surface area contributed by atoms with Gasteiger partial charge >= 0.3 is 0 Å². The molecule has 1 heterocycles. The van der Waals surface area contributed by atoms with Gasteiger partial charge in [-0.3, -0.25) is 4.57 Å². The fourth-order valence-corrected chi connectivity index (χ4v) is 2.03. The highest BCUT2D eigenvalue weighted by atomic mass is 16.4. The molecule has 1 N–H and O–H groups in total. The first-order chi connectivity index (χ1) is 9.49. The molecule has 4 nitrogen and oxygen atoms in total. The van der Waals surface area contributed by atoms with E-state index in [4.69, 9.17) is 0 Å². The fraction of sp³-hybridized carbons (Fsp3) is 0.375. The van der Waals surface area contributed by atoms with E-state index in [1.807, 2.05) is 12.1 Å². The van der Waals surface area contributed by atoms with Crippen LogP contribution in [0.25, 0.3) is 0 Å². The Morgan fingerprint density at radius 2 is 2.15 bits per heavy atom. The zero-order valence-corrected chi connectivity index (χ0v) is 12.2. The molecule has 4 heteroatoms. The first-order valence-corrected chi connectivity index (χ1v) is 6.79. The second-order valence-electron chi connectivity index (χ2n) is 6.15. The maximum atomic E-state index is 9.24. The molecule has 20 heavy (non-hydrogen) atoms. The summed E-state index contributed by atoms with van der Waals surface area (Å²) in [4.78, 5) is 3.98. The summed E-state index contributed by atoms with van der Waals surface area (Å²) in [7, 11) is 0. The Bertz CT molecular complexity index is 580. The van der Waals surface area contributed by atoms with Gasteiger partial charge in [0.05, 0.1) is 0 Å². The Kier molecular flexibility index (Phi) is 4.23. The minimum atomic E-state index is 0.314. The molecule has 0 atom stereocenters. The Hall–Kier alpha value is -2.10. The lowest BCUT2D eigenvalue weighted by Crippen LogP contribution is -2.12. The van der Waals surface area contributed by atoms with Gasteiger partial charge in [-0.05, 0) is 29.9 Å². The Morgan fingerprint density at radius 1 is 1.35 bits per heavy atom. The van der Waals surface area contributed by atoms with Crippen LogP contribution in [0.3, 0.4) is 0 Å². The molecule has 106 valence electrons. The summed E-state index contributed by atoms with van der Waals surface area (Å²) in [5, 5.41) is 12.6. The van der Waals surface area contributed by atoms with E-state index < -0.39 is 0 Å². The van der Waals surface area contributed by atoms with Crippen LogP contribution in [0.15, 0.2) is 48.1 Å². The van der Waals surface area contributed by atoms with E-state index in [0.29, 0.717) is 11.3 Å². The second kappa shape index (κ2) is 5.90. The Labute approximate surface area is 119 Å². The molecule has 0 spiro atoms. The molecule has 0 aliphatic rings. The van der Waals surface area contributed by atoms with Gasteiger partial charge in [0.25, 0.3) is 0 Å². The highest BCUT2D eigenvalue weighted by Gasteiger charge is 2.11. The molecular weight excluding hydrogens is 250 g/mol. The molecule has 0 unspecified atom stereocenters. The molecule has 0 fully saturated rings. The lowest BCUT2D eigenvalue weighted by atomic mass is 9.88. The first kappa shape index (κ1) is 14.3. The molecule has 0 saturated carbocycles. The van der Waals surface area contributed by atoms with Gasteiger partial charge < -0.3 is 5.21 Å². The van der Waals surface area contributed by atoms with E-state index in [9.17, 15) is 5.21 Å². The molecule has 0 aliphatic carbocycles. The van der Waals surface area contributed by atoms with Crippen molar-refractivity contribution in [2.75, 3.05) is 0 Å². The number of aryl methyl sites for hydroxylation is 1. The largest absolute Gasteiger partial charge is 0.409 e. The predicted octanol–water partition coefficient (Wildman–Crippen LogP) is 3.55. The number of nitrogens with zero attached hydrogens (tertiary/aromatic N) is 3. The SMILES string of the molecule is CC(C)(C)CCc1cccc(C(=NO)n2ccnc2)c1. The predicted molar refractivity (Wildman–Crippen MR) is 80.2 cm³/mol. The minimum absolute atomic E-state index is 0.314. The first-order valence-electron chi connectivity index (χ1n) is 6.79. The number of hydrogen-bond donors (Lipinski definition) is 1. The van der Waals surface area contributed by atoms with Crippen molar-refractivity contribution in [1.29, 1.82) is 0 Å². The van der Waals surface area contributed by atoms with Crippen LogP contribution in [0.1, 0.15) is 38.3 Å². The minimum Gasteiger partial charge on any atom is -0.409 e. The molecule has 0 amide bonds. The van der Waals surface area contributed by atoms with Crippen molar-refractivity contribution in [1.82, 2.24) is 9.55 Å². The molecule has 1 aromatic heterocycles. The van der Waals surface area contributed by atoms with Crippen molar-refractivity contribution in [3.8, 4) is 0 Å². The molecule has 0 radical (unpaired) electrons. The van der Waals surface area contributed by atoms with Gasteiger partial charge in [0.2, 0.25) is 0 Å². The normalized spacial score (nSPS) is 12.7. The number of oxime groups is 1. The van der Waals surface area contributed by atoms with Crippen LogP contribution in [-0.4, -0.2) is 20.6 Å². The third kappa shape index (κ3) is 3.70. The van der Waals surface area contributed by atoms with Gasteiger partial charge in [0.15, 0.2) is 5.84 Å². The fourth-order valence-electron chi connectivity index (χ4n) is 2.03. The van der Waals surface area contributed by atoms with E-state index in [1.54, 1.807) is 23.3 Å². The maximum absolute atomic E-state index is 9.24. The molecule has 0 aliphatic heterocycles. The van der Waals surface area contributed by atoms with Crippen LogP contribution in [0.2, 0.25) is 0 Å². The summed E-state index contributed by atoms with van der Waals surface area (Å²) in [5.41, 5.74) is 2.45. The van der Waals surface area contributed by atoms with Crippen LogP contribution in [0, 0.1) is 5.41 Å². The lowest BCUT2D eigenvalue weighted by Gasteiger charge is -2.18. The smallest absolute Gasteiger partial charge is 0.184 e. The Balaban J connectivity index is 2.21. The van der Waals surface area contributed by atoms with E-state index in [1.165, 1.54) is 5.56 Å². The van der Waals surface area contributed by atoms with E-state index in [2.05, 4.69) is 43.0 Å². The third-order valence-corrected chi connectivity index (χ3v) is 3.19. The average Bonchev–Trinajstić information content (AvgIpc) is 2.91. The Morgan fingerprint density at radius 3 is 2.75 bits per heavy atom. The standard InChI is InChI=1S/C16H21N3O/c1-16(2,3)8-7-13-5-4-6-14(11-13)15(18-20)19-10-9-17-12-19/h4-6,9-12,20H,7-8H2,1-3H3. The lowest BCUT2D eigenvalue weighted by molar-refractivity contribution is 0.317. The maximum Gasteiger partial charge on any atom is 0.184 e. The summed E-state index contributed by atoms with van der Waals surface area (Å²) in [6, 6.07) is 8.12. The molecule has 0 bridgehead atoms. The van der Waals surface area contributed by atoms with Crippen LogP contribution in [0.4, 0.5) is 0 Å². The molecular formula is C16H21N3O. The van der Waals surface area contributed by atoms with Crippen molar-refractivity contribution in [3.05, 3.63) is 54.1 Å². The van der Waals surface area contributed by atoms with Gasteiger partial charge in [0, 0.05) is 18.0 Å². The van der Waals surface area contributed by atoms with Crippen LogP contribution >= 0.6 is 0 Å². The van der Waals surface area contributed by atoms with Crippen LogP contribution in [0.5, 0.6) is 0 Å². The van der Waals surface area contributed by atoms with Crippen molar-refractivity contribution >= 4 is 5.84 Å². The van der Waals surface area contributed by atoms with Crippen molar-refractivity contribution < 1.29 is 5.21 Å². The molecule has 2 rings (SSSR count).